The average molecular weight is 396 g/mol. The van der Waals surface area contributed by atoms with Crippen LogP contribution in [0, 0.1) is 13.8 Å². The molecule has 2 aromatic rings. The summed E-state index contributed by atoms with van der Waals surface area (Å²) < 4.78 is 28.2. The normalized spacial score (nSPS) is 11.1. The molecule has 0 aliphatic rings. The molecule has 0 fully saturated rings. The van der Waals surface area contributed by atoms with Crippen molar-refractivity contribution in [3.63, 3.8) is 0 Å². The number of amides is 1. The van der Waals surface area contributed by atoms with Gasteiger partial charge in [0.2, 0.25) is 0 Å². The zero-order chi connectivity index (χ0) is 19.5. The van der Waals surface area contributed by atoms with E-state index in [0.717, 1.165) is 17.4 Å². The molecule has 26 heavy (non-hydrogen) atoms. The molecule has 8 heteroatoms. The summed E-state index contributed by atoms with van der Waals surface area (Å²) in [7, 11) is -3.44. The Hall–Kier alpha value is -2.38. The lowest BCUT2D eigenvalue weighted by Crippen LogP contribution is -2.21. The lowest BCUT2D eigenvalue weighted by molar-refractivity contribution is -0.119. The largest absolute Gasteiger partial charge is 0.452 e. The average Bonchev–Trinajstić information content (AvgIpc) is 2.55. The van der Waals surface area contributed by atoms with Gasteiger partial charge in [-0.1, -0.05) is 29.3 Å². The SMILES string of the molecule is Cc1ccc(C)c(C(=O)OCC(=O)Nc2cc(S(C)(=O)=O)ccc2Cl)c1. The maximum Gasteiger partial charge on any atom is 0.338 e. The van der Waals surface area contributed by atoms with Crippen LogP contribution >= 0.6 is 11.6 Å². The van der Waals surface area contributed by atoms with Crippen LogP contribution in [0.4, 0.5) is 5.69 Å². The van der Waals surface area contributed by atoms with Crippen LogP contribution in [0.2, 0.25) is 5.02 Å². The smallest absolute Gasteiger partial charge is 0.338 e. The van der Waals surface area contributed by atoms with E-state index in [2.05, 4.69) is 5.32 Å². The fourth-order valence-electron chi connectivity index (χ4n) is 2.18. The van der Waals surface area contributed by atoms with Crippen molar-refractivity contribution in [2.24, 2.45) is 0 Å². The van der Waals surface area contributed by atoms with E-state index in [1.807, 2.05) is 13.0 Å². The van der Waals surface area contributed by atoms with Gasteiger partial charge >= 0.3 is 5.97 Å². The zero-order valence-electron chi connectivity index (χ0n) is 14.5. The Morgan fingerprint density at radius 1 is 1.12 bits per heavy atom. The number of aryl methyl sites for hydroxylation is 2. The summed E-state index contributed by atoms with van der Waals surface area (Å²) in [6.07, 6.45) is 1.05. The molecule has 0 atom stereocenters. The summed E-state index contributed by atoms with van der Waals surface area (Å²) in [6.45, 7) is 3.10. The van der Waals surface area contributed by atoms with Gasteiger partial charge < -0.3 is 10.1 Å². The molecule has 0 aliphatic heterocycles. The van der Waals surface area contributed by atoms with Crippen molar-refractivity contribution < 1.29 is 22.7 Å². The standard InChI is InChI=1S/C18H18ClNO5S/c1-11-4-5-12(2)14(8-11)18(22)25-10-17(21)20-16-9-13(26(3,23)24)6-7-15(16)19/h4-9H,10H2,1-3H3,(H,20,21). The van der Waals surface area contributed by atoms with Crippen molar-refractivity contribution in [3.8, 4) is 0 Å². The second-order valence-electron chi connectivity index (χ2n) is 5.86. The van der Waals surface area contributed by atoms with E-state index < -0.39 is 28.3 Å². The second kappa shape index (κ2) is 7.88. The van der Waals surface area contributed by atoms with Crippen molar-refractivity contribution in [2.75, 3.05) is 18.2 Å². The van der Waals surface area contributed by atoms with Crippen LogP contribution in [0.5, 0.6) is 0 Å². The van der Waals surface area contributed by atoms with Crippen LogP contribution in [0.1, 0.15) is 21.5 Å². The minimum atomic E-state index is -3.44. The monoisotopic (exact) mass is 395 g/mol. The summed E-state index contributed by atoms with van der Waals surface area (Å²) in [5.41, 5.74) is 2.15. The van der Waals surface area contributed by atoms with Crippen LogP contribution in [0.25, 0.3) is 0 Å². The maximum atomic E-state index is 12.1. The van der Waals surface area contributed by atoms with Crippen LogP contribution in [0.3, 0.4) is 0 Å². The lowest BCUT2D eigenvalue weighted by atomic mass is 10.1. The van der Waals surface area contributed by atoms with Gasteiger partial charge in [-0.15, -0.1) is 0 Å². The predicted molar refractivity (Wildman–Crippen MR) is 99.4 cm³/mol. The first-order valence-corrected chi connectivity index (χ1v) is 9.88. The third kappa shape index (κ3) is 5.06. The van der Waals surface area contributed by atoms with Crippen molar-refractivity contribution in [1.82, 2.24) is 0 Å². The Balaban J connectivity index is 2.05. The number of carbonyl (C=O) groups excluding carboxylic acids is 2. The van der Waals surface area contributed by atoms with Crippen LogP contribution in [-0.4, -0.2) is 33.2 Å². The lowest BCUT2D eigenvalue weighted by Gasteiger charge is -2.10. The first-order valence-electron chi connectivity index (χ1n) is 7.62. The molecule has 6 nitrogen and oxygen atoms in total. The topological polar surface area (TPSA) is 89.5 Å². The van der Waals surface area contributed by atoms with E-state index >= 15 is 0 Å². The third-order valence-electron chi connectivity index (χ3n) is 3.59. The molecular formula is C18H18ClNO5S. The highest BCUT2D eigenvalue weighted by atomic mass is 35.5. The van der Waals surface area contributed by atoms with Gasteiger partial charge in [0.05, 0.1) is 21.2 Å². The highest BCUT2D eigenvalue weighted by Gasteiger charge is 2.15. The number of sulfone groups is 1. The van der Waals surface area contributed by atoms with E-state index in [1.54, 1.807) is 19.1 Å². The number of nitrogens with one attached hydrogen (secondary N) is 1. The van der Waals surface area contributed by atoms with Crippen molar-refractivity contribution >= 4 is 39.0 Å². The summed E-state index contributed by atoms with van der Waals surface area (Å²) in [4.78, 5) is 24.2. The summed E-state index contributed by atoms with van der Waals surface area (Å²) in [5, 5.41) is 2.62. The molecule has 0 bridgehead atoms. The molecule has 0 radical (unpaired) electrons. The molecule has 0 unspecified atom stereocenters. The zero-order valence-corrected chi connectivity index (χ0v) is 16.1. The summed E-state index contributed by atoms with van der Waals surface area (Å²) in [5.74, 6) is -1.24. The number of halogens is 1. The molecule has 2 aromatic carbocycles. The Kier molecular flexibility index (Phi) is 6.05. The summed E-state index contributed by atoms with van der Waals surface area (Å²) >= 11 is 5.97. The molecule has 0 aromatic heterocycles. The number of rotatable bonds is 5. The van der Waals surface area contributed by atoms with Gasteiger partial charge in [-0.05, 0) is 43.7 Å². The molecule has 0 heterocycles. The number of carbonyl (C=O) groups is 2. The number of benzene rings is 2. The second-order valence-corrected chi connectivity index (χ2v) is 8.28. The highest BCUT2D eigenvalue weighted by molar-refractivity contribution is 7.90. The molecule has 2 rings (SSSR count). The van der Waals surface area contributed by atoms with Gasteiger partial charge in [0.1, 0.15) is 0 Å². The number of hydrogen-bond donors (Lipinski definition) is 1. The third-order valence-corrected chi connectivity index (χ3v) is 5.03. The van der Waals surface area contributed by atoms with Gasteiger partial charge in [0, 0.05) is 6.26 Å². The van der Waals surface area contributed by atoms with Gasteiger partial charge in [-0.25, -0.2) is 13.2 Å². The number of anilines is 1. The fourth-order valence-corrected chi connectivity index (χ4v) is 2.99. The Labute approximate surface area is 157 Å². The van der Waals surface area contributed by atoms with Gasteiger partial charge in [0.15, 0.2) is 16.4 Å². The molecule has 138 valence electrons. The van der Waals surface area contributed by atoms with Gasteiger partial charge in [0.25, 0.3) is 5.91 Å². The Morgan fingerprint density at radius 2 is 1.81 bits per heavy atom. The van der Waals surface area contributed by atoms with Crippen molar-refractivity contribution in [3.05, 3.63) is 58.1 Å². The minimum Gasteiger partial charge on any atom is -0.452 e. The van der Waals surface area contributed by atoms with E-state index in [9.17, 15) is 18.0 Å². The number of esters is 1. The van der Waals surface area contributed by atoms with Crippen LogP contribution in [-0.2, 0) is 19.4 Å². The molecule has 0 saturated heterocycles. The molecule has 0 aliphatic carbocycles. The van der Waals surface area contributed by atoms with E-state index in [-0.39, 0.29) is 15.6 Å². The number of ether oxygens (including phenoxy) is 1. The van der Waals surface area contributed by atoms with E-state index in [1.165, 1.54) is 18.2 Å². The molecule has 0 spiro atoms. The molecule has 0 saturated carbocycles. The quantitative estimate of drug-likeness (QED) is 0.785. The van der Waals surface area contributed by atoms with Crippen LogP contribution < -0.4 is 5.32 Å². The summed E-state index contributed by atoms with van der Waals surface area (Å²) in [6, 6.07) is 9.31. The minimum absolute atomic E-state index is 0.0181. The van der Waals surface area contributed by atoms with E-state index in [4.69, 9.17) is 16.3 Å². The Bertz CT molecular complexity index is 970. The van der Waals surface area contributed by atoms with Crippen molar-refractivity contribution in [1.29, 1.82) is 0 Å². The first kappa shape index (κ1) is 19.9. The predicted octanol–water partition coefficient (Wildman–Crippen LogP) is 3.16. The first-order chi connectivity index (χ1) is 12.1. The van der Waals surface area contributed by atoms with Gasteiger partial charge in [-0.3, -0.25) is 4.79 Å². The Morgan fingerprint density at radius 3 is 2.46 bits per heavy atom. The maximum absolute atomic E-state index is 12.1. The van der Waals surface area contributed by atoms with E-state index in [0.29, 0.717) is 5.56 Å². The highest BCUT2D eigenvalue weighted by Crippen LogP contribution is 2.25. The van der Waals surface area contributed by atoms with Crippen LogP contribution in [0.15, 0.2) is 41.3 Å². The van der Waals surface area contributed by atoms with Gasteiger partial charge in [-0.2, -0.15) is 0 Å². The molecule has 1 amide bonds. The van der Waals surface area contributed by atoms with Crippen molar-refractivity contribution in [2.45, 2.75) is 18.7 Å². The molecule has 1 N–H and O–H groups in total. The fraction of sp³-hybridized carbons (Fsp3) is 0.222. The number of hydrogen-bond acceptors (Lipinski definition) is 5. The molecular weight excluding hydrogens is 378 g/mol.